The molecule has 1 fully saturated rings. The zero-order valence-electron chi connectivity index (χ0n) is 12.0. The molecule has 0 heteroatoms. The molecule has 19 heavy (non-hydrogen) atoms. The summed E-state index contributed by atoms with van der Waals surface area (Å²) in [6, 6.07) is 7.33. The van der Waals surface area contributed by atoms with Crippen molar-refractivity contribution in [2.75, 3.05) is 0 Å². The first-order valence-electron chi connectivity index (χ1n) is 8.08. The molecule has 1 aromatic rings. The Hall–Kier alpha value is -1.04. The van der Waals surface area contributed by atoms with Gasteiger partial charge in [0.2, 0.25) is 0 Å². The lowest BCUT2D eigenvalue weighted by atomic mass is 9.64. The largest absolute Gasteiger partial charge is 0.0850 e. The van der Waals surface area contributed by atoms with Gasteiger partial charge >= 0.3 is 0 Å². The van der Waals surface area contributed by atoms with Gasteiger partial charge in [0.25, 0.3) is 0 Å². The van der Waals surface area contributed by atoms with Gasteiger partial charge in [-0.25, -0.2) is 0 Å². The van der Waals surface area contributed by atoms with Crippen LogP contribution in [0.4, 0.5) is 0 Å². The first-order valence-corrected chi connectivity index (χ1v) is 8.08. The number of aryl methyl sites for hydroxylation is 2. The smallest absolute Gasteiger partial charge is 0.0182 e. The molecule has 1 aromatic carbocycles. The Morgan fingerprint density at radius 2 is 2.16 bits per heavy atom. The van der Waals surface area contributed by atoms with Crippen LogP contribution < -0.4 is 0 Å². The summed E-state index contributed by atoms with van der Waals surface area (Å²) in [6.07, 6.45) is 13.4. The zero-order valence-corrected chi connectivity index (χ0v) is 12.0. The lowest BCUT2D eigenvalue weighted by Crippen LogP contribution is -2.33. The third kappa shape index (κ3) is 1.80. The van der Waals surface area contributed by atoms with E-state index in [1.807, 2.05) is 0 Å². The van der Waals surface area contributed by atoms with Gasteiger partial charge in [-0.3, -0.25) is 0 Å². The Morgan fingerprint density at radius 1 is 1.21 bits per heavy atom. The van der Waals surface area contributed by atoms with Gasteiger partial charge in [0, 0.05) is 0 Å². The summed E-state index contributed by atoms with van der Waals surface area (Å²) in [7, 11) is 0. The fourth-order valence-corrected chi connectivity index (χ4v) is 4.88. The van der Waals surface area contributed by atoms with E-state index < -0.39 is 0 Å². The zero-order chi connectivity index (χ0) is 12.9. The van der Waals surface area contributed by atoms with Gasteiger partial charge in [-0.15, -0.1) is 0 Å². The Bertz CT molecular complexity index is 537. The second-order valence-electron chi connectivity index (χ2n) is 7.07. The van der Waals surface area contributed by atoms with Gasteiger partial charge in [0.05, 0.1) is 0 Å². The normalized spacial score (nSPS) is 31.6. The van der Waals surface area contributed by atoms with E-state index in [9.17, 15) is 0 Å². The maximum atomic E-state index is 2.52. The second-order valence-corrected chi connectivity index (χ2v) is 7.07. The summed E-state index contributed by atoms with van der Waals surface area (Å²) >= 11 is 0. The lowest BCUT2D eigenvalue weighted by Gasteiger charge is -2.40. The van der Waals surface area contributed by atoms with Gasteiger partial charge in [-0.1, -0.05) is 43.2 Å². The number of rotatable bonds is 2. The van der Waals surface area contributed by atoms with Gasteiger partial charge in [-0.05, 0) is 73.0 Å². The van der Waals surface area contributed by atoms with Crippen molar-refractivity contribution in [2.24, 2.45) is 11.3 Å². The molecule has 0 heterocycles. The van der Waals surface area contributed by atoms with E-state index >= 15 is 0 Å². The van der Waals surface area contributed by atoms with Crippen molar-refractivity contribution in [1.29, 1.82) is 0 Å². The third-order valence-corrected chi connectivity index (χ3v) is 5.89. The van der Waals surface area contributed by atoms with Crippen LogP contribution in [0.1, 0.15) is 55.7 Å². The molecule has 0 saturated heterocycles. The third-order valence-electron chi connectivity index (χ3n) is 5.89. The molecule has 0 N–H and O–H groups in total. The number of hydrogen-bond acceptors (Lipinski definition) is 0. The quantitative estimate of drug-likeness (QED) is 0.660. The van der Waals surface area contributed by atoms with Gasteiger partial charge in [-0.2, -0.15) is 0 Å². The van der Waals surface area contributed by atoms with E-state index in [4.69, 9.17) is 0 Å². The molecule has 0 amide bonds. The second kappa shape index (κ2) is 4.23. The van der Waals surface area contributed by atoms with Gasteiger partial charge in [0.1, 0.15) is 0 Å². The van der Waals surface area contributed by atoms with E-state index in [0.717, 1.165) is 5.92 Å². The van der Waals surface area contributed by atoms with E-state index in [0.29, 0.717) is 5.41 Å². The van der Waals surface area contributed by atoms with Crippen LogP contribution in [0.2, 0.25) is 0 Å². The van der Waals surface area contributed by atoms with E-state index in [1.54, 1.807) is 22.3 Å². The van der Waals surface area contributed by atoms with Crippen LogP contribution in [-0.4, -0.2) is 0 Å². The van der Waals surface area contributed by atoms with Gasteiger partial charge in [0.15, 0.2) is 0 Å². The molecule has 2 atom stereocenters. The maximum absolute atomic E-state index is 2.52. The average molecular weight is 252 g/mol. The van der Waals surface area contributed by atoms with E-state index in [-0.39, 0.29) is 0 Å². The van der Waals surface area contributed by atoms with Crippen LogP contribution in [-0.2, 0) is 19.3 Å². The highest BCUT2D eigenvalue weighted by molar-refractivity contribution is 5.38. The summed E-state index contributed by atoms with van der Waals surface area (Å²) in [6.45, 7) is 2.28. The Balaban J connectivity index is 1.63. The minimum Gasteiger partial charge on any atom is -0.0850 e. The van der Waals surface area contributed by atoms with Crippen molar-refractivity contribution >= 4 is 0 Å². The van der Waals surface area contributed by atoms with Crippen molar-refractivity contribution in [3.8, 4) is 0 Å². The molecule has 0 radical (unpaired) electrons. The van der Waals surface area contributed by atoms with Crippen LogP contribution in [0.5, 0.6) is 0 Å². The molecule has 3 aliphatic carbocycles. The van der Waals surface area contributed by atoms with Crippen molar-refractivity contribution in [3.05, 3.63) is 46.5 Å². The van der Waals surface area contributed by atoms with Crippen molar-refractivity contribution in [3.63, 3.8) is 0 Å². The summed E-state index contributed by atoms with van der Waals surface area (Å²) in [5.41, 5.74) is 7.31. The molecular formula is C19H24. The molecule has 1 spiro atoms. The molecule has 4 rings (SSSR count). The van der Waals surface area contributed by atoms with Crippen LogP contribution >= 0.6 is 0 Å². The summed E-state index contributed by atoms with van der Waals surface area (Å²) < 4.78 is 0. The molecule has 0 nitrogen and oxygen atoms in total. The summed E-state index contributed by atoms with van der Waals surface area (Å²) in [5, 5.41) is 0. The first kappa shape index (κ1) is 11.8. The minimum atomic E-state index is 0.656. The molecule has 3 aliphatic rings. The number of allylic oxidation sites excluding steroid dienone is 2. The highest BCUT2D eigenvalue weighted by Crippen LogP contribution is 2.58. The number of hydrogen-bond donors (Lipinski definition) is 0. The topological polar surface area (TPSA) is 0 Å². The van der Waals surface area contributed by atoms with Crippen LogP contribution in [0.3, 0.4) is 0 Å². The lowest BCUT2D eigenvalue weighted by molar-refractivity contribution is 0.168. The fraction of sp³-hybridized carbons (Fsp3) is 0.579. The Kier molecular flexibility index (Phi) is 2.62. The molecule has 0 aromatic heterocycles. The van der Waals surface area contributed by atoms with Crippen molar-refractivity contribution in [1.82, 2.24) is 0 Å². The fourth-order valence-electron chi connectivity index (χ4n) is 4.88. The molecule has 2 bridgehead atoms. The molecular weight excluding hydrogens is 228 g/mol. The van der Waals surface area contributed by atoms with Crippen LogP contribution in [0.15, 0.2) is 29.8 Å². The summed E-state index contributed by atoms with van der Waals surface area (Å²) in [4.78, 5) is 0. The average Bonchev–Trinajstić information content (AvgIpc) is 3.00. The molecule has 1 saturated carbocycles. The van der Waals surface area contributed by atoms with E-state index in [1.165, 1.54) is 51.4 Å². The Labute approximate surface area is 116 Å². The number of fused-ring (bicyclic) bond motifs is 4. The monoisotopic (exact) mass is 252 g/mol. The molecule has 100 valence electrons. The van der Waals surface area contributed by atoms with E-state index in [2.05, 4.69) is 31.2 Å². The van der Waals surface area contributed by atoms with Crippen molar-refractivity contribution in [2.45, 2.75) is 58.3 Å². The molecule has 2 unspecified atom stereocenters. The maximum Gasteiger partial charge on any atom is -0.0182 e. The standard InChI is InChI=1S/C19H24/c1-2-3-14-4-6-17-13-19(9-8-16(17)10-14)12-15-5-7-18(19)11-15/h4-6,10,18H,2-3,7-9,11-13H2,1H3. The minimum absolute atomic E-state index is 0.656. The number of benzene rings is 1. The summed E-state index contributed by atoms with van der Waals surface area (Å²) in [5.74, 6) is 0.978. The van der Waals surface area contributed by atoms with Crippen LogP contribution in [0.25, 0.3) is 0 Å². The highest BCUT2D eigenvalue weighted by Gasteiger charge is 2.48. The predicted molar refractivity (Wildman–Crippen MR) is 80.3 cm³/mol. The molecule has 0 aliphatic heterocycles. The van der Waals surface area contributed by atoms with Gasteiger partial charge < -0.3 is 0 Å². The highest BCUT2D eigenvalue weighted by atomic mass is 14.5. The predicted octanol–water partition coefficient (Wildman–Crippen LogP) is 4.85. The Morgan fingerprint density at radius 3 is 2.89 bits per heavy atom. The SMILES string of the molecule is CCCc1ccc2c(c1)CCC1(CC3=CCC1C3)C2. The van der Waals surface area contributed by atoms with Crippen LogP contribution in [0, 0.1) is 11.3 Å². The van der Waals surface area contributed by atoms with Crippen molar-refractivity contribution < 1.29 is 0 Å². The first-order chi connectivity index (χ1) is 9.29.